The molecule has 1 saturated heterocycles. The normalized spacial score (nSPS) is 21.5. The van der Waals surface area contributed by atoms with Crippen LogP contribution < -0.4 is 10.1 Å². The van der Waals surface area contributed by atoms with Crippen molar-refractivity contribution in [1.29, 1.82) is 0 Å². The van der Waals surface area contributed by atoms with E-state index in [0.717, 1.165) is 48.1 Å². The molecule has 2 aromatic rings. The van der Waals surface area contributed by atoms with Gasteiger partial charge >= 0.3 is 0 Å². The Labute approximate surface area is 112 Å². The number of ether oxygens (including phenoxy) is 1. The Kier molecular flexibility index (Phi) is 3.44. The molecule has 4 heteroatoms. The molecule has 0 radical (unpaired) electrons. The largest absolute Gasteiger partial charge is 0.496 e. The molecule has 0 bridgehead atoms. The van der Waals surface area contributed by atoms with Gasteiger partial charge in [-0.05, 0) is 31.5 Å². The third kappa shape index (κ3) is 2.22. The maximum absolute atomic E-state index is 10.6. The Bertz CT molecular complexity index is 558. The topological polar surface area (TPSA) is 57.3 Å². The van der Waals surface area contributed by atoms with Crippen LogP contribution in [0.2, 0.25) is 0 Å². The van der Waals surface area contributed by atoms with Crippen LogP contribution >= 0.6 is 0 Å². The molecule has 0 amide bonds. The highest BCUT2D eigenvalue weighted by atomic mass is 16.5. The molecule has 0 spiro atoms. The number of H-pyrrole nitrogens is 1. The monoisotopic (exact) mass is 260 g/mol. The number of methoxy groups -OCH3 is 1. The predicted octanol–water partition coefficient (Wildman–Crippen LogP) is 2.21. The molecule has 2 atom stereocenters. The number of aliphatic hydroxyl groups is 1. The molecule has 0 aliphatic carbocycles. The summed E-state index contributed by atoms with van der Waals surface area (Å²) in [4.78, 5) is 3.22. The summed E-state index contributed by atoms with van der Waals surface area (Å²) in [5.74, 6) is 1.09. The summed E-state index contributed by atoms with van der Waals surface area (Å²) in [5.41, 5.74) is 1.96. The summed E-state index contributed by atoms with van der Waals surface area (Å²) in [7, 11) is 1.67. The van der Waals surface area contributed by atoms with Gasteiger partial charge in [-0.15, -0.1) is 0 Å². The zero-order valence-corrected chi connectivity index (χ0v) is 11.1. The minimum Gasteiger partial charge on any atom is -0.496 e. The van der Waals surface area contributed by atoms with Crippen molar-refractivity contribution < 1.29 is 9.84 Å². The van der Waals surface area contributed by atoms with E-state index < -0.39 is 6.10 Å². The van der Waals surface area contributed by atoms with Crippen LogP contribution in [-0.2, 0) is 0 Å². The van der Waals surface area contributed by atoms with Crippen molar-refractivity contribution in [2.75, 3.05) is 20.2 Å². The molecule has 1 aliphatic rings. The van der Waals surface area contributed by atoms with E-state index >= 15 is 0 Å². The van der Waals surface area contributed by atoms with Crippen LogP contribution in [0.1, 0.15) is 24.5 Å². The van der Waals surface area contributed by atoms with Crippen LogP contribution in [-0.4, -0.2) is 30.3 Å². The number of aromatic amines is 1. The molecule has 1 fully saturated rings. The Morgan fingerprint density at radius 1 is 1.42 bits per heavy atom. The van der Waals surface area contributed by atoms with Crippen molar-refractivity contribution in [1.82, 2.24) is 10.3 Å². The number of rotatable bonds is 3. The summed E-state index contributed by atoms with van der Waals surface area (Å²) in [5, 5.41) is 15.0. The fourth-order valence-corrected chi connectivity index (χ4v) is 2.98. The molecule has 19 heavy (non-hydrogen) atoms. The van der Waals surface area contributed by atoms with Gasteiger partial charge in [0.15, 0.2) is 0 Å². The van der Waals surface area contributed by atoms with E-state index in [9.17, 15) is 5.11 Å². The maximum Gasteiger partial charge on any atom is 0.128 e. The summed E-state index contributed by atoms with van der Waals surface area (Å²) in [6, 6.07) is 5.90. The first-order valence-electron chi connectivity index (χ1n) is 6.84. The lowest BCUT2D eigenvalue weighted by molar-refractivity contribution is 0.0933. The molecular weight excluding hydrogens is 240 g/mol. The molecule has 4 nitrogen and oxygen atoms in total. The van der Waals surface area contributed by atoms with E-state index in [2.05, 4.69) is 10.3 Å². The van der Waals surface area contributed by atoms with Gasteiger partial charge in [-0.2, -0.15) is 0 Å². The van der Waals surface area contributed by atoms with E-state index in [0.29, 0.717) is 0 Å². The molecule has 102 valence electrons. The van der Waals surface area contributed by atoms with Gasteiger partial charge in [0, 0.05) is 35.1 Å². The highest BCUT2D eigenvalue weighted by Gasteiger charge is 2.26. The molecule has 1 aromatic carbocycles. The first-order valence-corrected chi connectivity index (χ1v) is 6.84. The van der Waals surface area contributed by atoms with E-state index in [4.69, 9.17) is 4.74 Å². The van der Waals surface area contributed by atoms with Gasteiger partial charge in [-0.1, -0.05) is 6.07 Å². The second-order valence-corrected chi connectivity index (χ2v) is 5.18. The van der Waals surface area contributed by atoms with Gasteiger partial charge in [0.05, 0.1) is 13.2 Å². The minimum absolute atomic E-state index is 0.276. The SMILES string of the molecule is COc1cccc2[nH]cc(C(O)C3CCCNC3)c12. The first-order chi connectivity index (χ1) is 9.31. The average Bonchev–Trinajstić information content (AvgIpc) is 2.91. The van der Waals surface area contributed by atoms with Crippen molar-refractivity contribution in [3.8, 4) is 5.75 Å². The summed E-state index contributed by atoms with van der Waals surface area (Å²) < 4.78 is 5.42. The van der Waals surface area contributed by atoms with Crippen molar-refractivity contribution in [3.05, 3.63) is 30.0 Å². The second kappa shape index (κ2) is 5.23. The lowest BCUT2D eigenvalue weighted by Crippen LogP contribution is -2.33. The lowest BCUT2D eigenvalue weighted by atomic mass is 9.89. The highest BCUT2D eigenvalue weighted by Crippen LogP contribution is 2.36. The third-order valence-corrected chi connectivity index (χ3v) is 4.02. The van der Waals surface area contributed by atoms with Gasteiger partial charge in [0.2, 0.25) is 0 Å². The van der Waals surface area contributed by atoms with E-state index in [1.54, 1.807) is 7.11 Å². The van der Waals surface area contributed by atoms with Crippen molar-refractivity contribution in [2.45, 2.75) is 18.9 Å². The second-order valence-electron chi connectivity index (χ2n) is 5.18. The quantitative estimate of drug-likeness (QED) is 0.793. The number of nitrogens with one attached hydrogen (secondary N) is 2. The average molecular weight is 260 g/mol. The smallest absolute Gasteiger partial charge is 0.128 e. The molecule has 1 aliphatic heterocycles. The van der Waals surface area contributed by atoms with Gasteiger partial charge in [-0.3, -0.25) is 0 Å². The van der Waals surface area contributed by atoms with Gasteiger partial charge in [-0.25, -0.2) is 0 Å². The van der Waals surface area contributed by atoms with Crippen molar-refractivity contribution >= 4 is 10.9 Å². The van der Waals surface area contributed by atoms with Gasteiger partial charge < -0.3 is 20.1 Å². The minimum atomic E-state index is -0.446. The zero-order chi connectivity index (χ0) is 13.2. The third-order valence-electron chi connectivity index (χ3n) is 4.02. The highest BCUT2D eigenvalue weighted by molar-refractivity contribution is 5.89. The molecule has 3 N–H and O–H groups in total. The van der Waals surface area contributed by atoms with Crippen LogP contribution in [0.25, 0.3) is 10.9 Å². The Balaban J connectivity index is 1.99. The maximum atomic E-state index is 10.6. The summed E-state index contributed by atoms with van der Waals surface area (Å²) >= 11 is 0. The predicted molar refractivity (Wildman–Crippen MR) is 75.4 cm³/mol. The number of aromatic nitrogens is 1. The number of hydrogen-bond acceptors (Lipinski definition) is 3. The summed E-state index contributed by atoms with van der Waals surface area (Å²) in [6.45, 7) is 1.93. The Morgan fingerprint density at radius 3 is 3.05 bits per heavy atom. The Hall–Kier alpha value is -1.52. The molecular formula is C15H20N2O2. The fourth-order valence-electron chi connectivity index (χ4n) is 2.98. The van der Waals surface area contributed by atoms with Crippen LogP contribution in [0, 0.1) is 5.92 Å². The molecule has 1 aromatic heterocycles. The fraction of sp³-hybridized carbons (Fsp3) is 0.467. The molecule has 2 unspecified atom stereocenters. The standard InChI is InChI=1S/C15H20N2O2/c1-19-13-6-2-5-12-14(13)11(9-17-12)15(18)10-4-3-7-16-8-10/h2,5-6,9-10,15-18H,3-4,7-8H2,1H3. The molecule has 3 rings (SSSR count). The van der Waals surface area contributed by atoms with E-state index in [-0.39, 0.29) is 5.92 Å². The molecule has 0 saturated carbocycles. The number of fused-ring (bicyclic) bond motifs is 1. The summed E-state index contributed by atoms with van der Waals surface area (Å²) in [6.07, 6.45) is 3.65. The molecule has 2 heterocycles. The van der Waals surface area contributed by atoms with E-state index in [1.165, 1.54) is 0 Å². The number of piperidine rings is 1. The first kappa shape index (κ1) is 12.5. The van der Waals surface area contributed by atoms with Crippen LogP contribution in [0.3, 0.4) is 0 Å². The van der Waals surface area contributed by atoms with Crippen molar-refractivity contribution in [3.63, 3.8) is 0 Å². The van der Waals surface area contributed by atoms with Crippen LogP contribution in [0.5, 0.6) is 5.75 Å². The number of benzene rings is 1. The lowest BCUT2D eigenvalue weighted by Gasteiger charge is -2.27. The Morgan fingerprint density at radius 2 is 2.32 bits per heavy atom. The van der Waals surface area contributed by atoms with Gasteiger partial charge in [0.25, 0.3) is 0 Å². The van der Waals surface area contributed by atoms with Gasteiger partial charge in [0.1, 0.15) is 5.75 Å². The van der Waals surface area contributed by atoms with Crippen LogP contribution in [0.4, 0.5) is 0 Å². The van der Waals surface area contributed by atoms with Crippen molar-refractivity contribution in [2.24, 2.45) is 5.92 Å². The van der Waals surface area contributed by atoms with Crippen LogP contribution in [0.15, 0.2) is 24.4 Å². The number of hydrogen-bond donors (Lipinski definition) is 3. The zero-order valence-electron chi connectivity index (χ0n) is 11.1. The van der Waals surface area contributed by atoms with E-state index in [1.807, 2.05) is 24.4 Å². The number of aliphatic hydroxyl groups excluding tert-OH is 1.